The molecule has 0 unspecified atom stereocenters. The first-order valence-corrected chi connectivity index (χ1v) is 6.85. The van der Waals surface area contributed by atoms with Crippen molar-refractivity contribution in [2.45, 2.75) is 6.42 Å². The molecule has 1 aromatic carbocycles. The molecule has 1 aromatic rings. The van der Waals surface area contributed by atoms with Crippen molar-refractivity contribution in [2.24, 2.45) is 0 Å². The summed E-state index contributed by atoms with van der Waals surface area (Å²) in [5.74, 6) is -0.117. The van der Waals surface area contributed by atoms with Crippen LogP contribution in [0.25, 0.3) is 0 Å². The number of rotatable bonds is 7. The maximum atomic E-state index is 11.7. The molecule has 0 aliphatic carbocycles. The maximum Gasteiger partial charge on any atom is 0.238 e. The Kier molecular flexibility index (Phi) is 7.16. The van der Waals surface area contributed by atoms with Crippen molar-refractivity contribution < 1.29 is 4.79 Å². The van der Waals surface area contributed by atoms with Crippen molar-refractivity contribution in [3.05, 3.63) is 28.2 Å². The molecule has 0 spiro atoms. The minimum atomic E-state index is -0.117. The second-order valence-corrected chi connectivity index (χ2v) is 5.35. The van der Waals surface area contributed by atoms with Crippen LogP contribution in [0.15, 0.2) is 18.2 Å². The summed E-state index contributed by atoms with van der Waals surface area (Å²) in [4.78, 5) is 13.8. The molecule has 19 heavy (non-hydrogen) atoms. The van der Waals surface area contributed by atoms with Gasteiger partial charge in [0.15, 0.2) is 0 Å². The van der Waals surface area contributed by atoms with E-state index in [0.29, 0.717) is 15.7 Å². The molecule has 1 amide bonds. The molecule has 106 valence electrons. The molecule has 0 aliphatic heterocycles. The SMILES string of the molecule is CN(C)CCCNCC(=O)Nc1ccc(Cl)cc1Cl. The first-order chi connectivity index (χ1) is 8.99. The van der Waals surface area contributed by atoms with Crippen LogP contribution >= 0.6 is 23.2 Å². The van der Waals surface area contributed by atoms with Gasteiger partial charge in [-0.1, -0.05) is 23.2 Å². The van der Waals surface area contributed by atoms with Crippen molar-refractivity contribution in [1.82, 2.24) is 10.2 Å². The molecule has 0 atom stereocenters. The highest BCUT2D eigenvalue weighted by Gasteiger charge is 2.05. The number of benzene rings is 1. The summed E-state index contributed by atoms with van der Waals surface area (Å²) in [6.07, 6.45) is 1.00. The zero-order chi connectivity index (χ0) is 14.3. The normalized spacial score (nSPS) is 10.8. The number of nitrogens with zero attached hydrogens (tertiary/aromatic N) is 1. The van der Waals surface area contributed by atoms with Gasteiger partial charge >= 0.3 is 0 Å². The minimum Gasteiger partial charge on any atom is -0.324 e. The predicted molar refractivity (Wildman–Crippen MR) is 81.1 cm³/mol. The Bertz CT molecular complexity index is 424. The number of anilines is 1. The standard InChI is InChI=1S/C13H19Cl2N3O/c1-18(2)7-3-6-16-9-13(19)17-12-5-4-10(14)8-11(12)15/h4-5,8,16H,3,6-7,9H2,1-2H3,(H,17,19). The Labute approximate surface area is 124 Å². The van der Waals surface area contributed by atoms with E-state index < -0.39 is 0 Å². The molecule has 6 heteroatoms. The molecule has 0 saturated carbocycles. The van der Waals surface area contributed by atoms with Gasteiger partial charge in [0.05, 0.1) is 17.3 Å². The maximum absolute atomic E-state index is 11.7. The van der Waals surface area contributed by atoms with Crippen LogP contribution in [0, 0.1) is 0 Å². The summed E-state index contributed by atoms with van der Waals surface area (Å²) in [7, 11) is 4.05. The highest BCUT2D eigenvalue weighted by Crippen LogP contribution is 2.25. The fourth-order valence-electron chi connectivity index (χ4n) is 1.51. The Morgan fingerprint density at radius 1 is 1.32 bits per heavy atom. The Morgan fingerprint density at radius 2 is 2.05 bits per heavy atom. The molecule has 0 aromatic heterocycles. The lowest BCUT2D eigenvalue weighted by atomic mass is 10.3. The third kappa shape index (κ3) is 6.78. The van der Waals surface area contributed by atoms with Crippen molar-refractivity contribution in [3.8, 4) is 0 Å². The monoisotopic (exact) mass is 303 g/mol. The van der Waals surface area contributed by atoms with Crippen LogP contribution in [0.4, 0.5) is 5.69 Å². The van der Waals surface area contributed by atoms with Gasteiger partial charge in [0.25, 0.3) is 0 Å². The van der Waals surface area contributed by atoms with Gasteiger partial charge in [-0.2, -0.15) is 0 Å². The van der Waals surface area contributed by atoms with E-state index in [1.165, 1.54) is 0 Å². The fraction of sp³-hybridized carbons (Fsp3) is 0.462. The number of amides is 1. The summed E-state index contributed by atoms with van der Waals surface area (Å²) in [5, 5.41) is 6.80. The Morgan fingerprint density at radius 3 is 2.68 bits per heavy atom. The average molecular weight is 304 g/mol. The van der Waals surface area contributed by atoms with Gasteiger partial charge in [-0.3, -0.25) is 4.79 Å². The van der Waals surface area contributed by atoms with Crippen LogP contribution in [-0.4, -0.2) is 44.5 Å². The highest BCUT2D eigenvalue weighted by atomic mass is 35.5. The van der Waals surface area contributed by atoms with Gasteiger partial charge in [0, 0.05) is 5.02 Å². The van der Waals surface area contributed by atoms with E-state index in [-0.39, 0.29) is 12.5 Å². The number of nitrogens with one attached hydrogen (secondary N) is 2. The first-order valence-electron chi connectivity index (χ1n) is 6.09. The van der Waals surface area contributed by atoms with Crippen LogP contribution in [0.3, 0.4) is 0 Å². The predicted octanol–water partition coefficient (Wildman–Crippen LogP) is 2.47. The number of hydrogen-bond donors (Lipinski definition) is 2. The van der Waals surface area contributed by atoms with E-state index in [1.807, 2.05) is 14.1 Å². The van der Waals surface area contributed by atoms with Crippen LogP contribution in [0.1, 0.15) is 6.42 Å². The van der Waals surface area contributed by atoms with Gasteiger partial charge in [-0.15, -0.1) is 0 Å². The van der Waals surface area contributed by atoms with Crippen LogP contribution < -0.4 is 10.6 Å². The van der Waals surface area contributed by atoms with Crippen molar-refractivity contribution in [2.75, 3.05) is 39.0 Å². The summed E-state index contributed by atoms with van der Waals surface area (Å²) in [6.45, 7) is 2.07. The summed E-state index contributed by atoms with van der Waals surface area (Å²) >= 11 is 11.8. The average Bonchev–Trinajstić information content (AvgIpc) is 2.32. The van der Waals surface area contributed by atoms with Gasteiger partial charge in [0.2, 0.25) is 5.91 Å². The molecule has 1 rings (SSSR count). The Balaban J connectivity index is 2.27. The van der Waals surface area contributed by atoms with Crippen molar-refractivity contribution in [1.29, 1.82) is 0 Å². The second-order valence-electron chi connectivity index (χ2n) is 4.51. The third-order valence-corrected chi connectivity index (χ3v) is 3.00. The van der Waals surface area contributed by atoms with E-state index in [2.05, 4.69) is 15.5 Å². The van der Waals surface area contributed by atoms with Crippen molar-refractivity contribution >= 4 is 34.8 Å². The molecule has 2 N–H and O–H groups in total. The smallest absolute Gasteiger partial charge is 0.238 e. The molecule has 0 saturated heterocycles. The molecular formula is C13H19Cl2N3O. The van der Waals surface area contributed by atoms with Gasteiger partial charge in [-0.25, -0.2) is 0 Å². The van der Waals surface area contributed by atoms with Gasteiger partial charge < -0.3 is 15.5 Å². The molecule has 0 fully saturated rings. The van der Waals surface area contributed by atoms with E-state index >= 15 is 0 Å². The van der Waals surface area contributed by atoms with E-state index in [1.54, 1.807) is 18.2 Å². The molecule has 0 radical (unpaired) electrons. The summed E-state index contributed by atoms with van der Waals surface area (Å²) in [5.41, 5.74) is 0.575. The van der Waals surface area contributed by atoms with Gasteiger partial charge in [-0.05, 0) is 51.8 Å². The number of hydrogen-bond acceptors (Lipinski definition) is 3. The zero-order valence-electron chi connectivity index (χ0n) is 11.2. The number of halogens is 2. The molecular weight excluding hydrogens is 285 g/mol. The Hall–Kier alpha value is -0.810. The summed E-state index contributed by atoms with van der Waals surface area (Å²) in [6, 6.07) is 4.98. The topological polar surface area (TPSA) is 44.4 Å². The van der Waals surface area contributed by atoms with E-state index in [0.717, 1.165) is 19.5 Å². The third-order valence-electron chi connectivity index (χ3n) is 2.45. The lowest BCUT2D eigenvalue weighted by Gasteiger charge is -2.10. The second kappa shape index (κ2) is 8.38. The number of carbonyl (C=O) groups is 1. The van der Waals surface area contributed by atoms with E-state index in [4.69, 9.17) is 23.2 Å². The molecule has 4 nitrogen and oxygen atoms in total. The lowest BCUT2D eigenvalue weighted by molar-refractivity contribution is -0.115. The van der Waals surface area contributed by atoms with Gasteiger partial charge in [0.1, 0.15) is 0 Å². The lowest BCUT2D eigenvalue weighted by Crippen LogP contribution is -2.30. The zero-order valence-corrected chi connectivity index (χ0v) is 12.7. The van der Waals surface area contributed by atoms with Crippen molar-refractivity contribution in [3.63, 3.8) is 0 Å². The first kappa shape index (κ1) is 16.2. The van der Waals surface area contributed by atoms with Crippen LogP contribution in [0.2, 0.25) is 10.0 Å². The highest BCUT2D eigenvalue weighted by molar-refractivity contribution is 6.36. The van der Waals surface area contributed by atoms with E-state index in [9.17, 15) is 4.79 Å². The summed E-state index contributed by atoms with van der Waals surface area (Å²) < 4.78 is 0. The number of carbonyl (C=O) groups excluding carboxylic acids is 1. The minimum absolute atomic E-state index is 0.117. The quantitative estimate of drug-likeness (QED) is 0.761. The molecule has 0 aliphatic rings. The molecule has 0 bridgehead atoms. The van der Waals surface area contributed by atoms with Crippen LogP contribution in [-0.2, 0) is 4.79 Å². The van der Waals surface area contributed by atoms with Crippen LogP contribution in [0.5, 0.6) is 0 Å². The fourth-order valence-corrected chi connectivity index (χ4v) is 1.96. The molecule has 0 heterocycles. The largest absolute Gasteiger partial charge is 0.324 e.